The Balaban J connectivity index is 2.36. The molecule has 0 bridgehead atoms. The van der Waals surface area contributed by atoms with Crippen LogP contribution >= 0.6 is 0 Å². The summed E-state index contributed by atoms with van der Waals surface area (Å²) in [6.45, 7) is 6.40. The van der Waals surface area contributed by atoms with Gasteiger partial charge in [0, 0.05) is 25.0 Å². The summed E-state index contributed by atoms with van der Waals surface area (Å²) in [7, 11) is 1.91. The lowest BCUT2D eigenvalue weighted by Gasteiger charge is -2.18. The van der Waals surface area contributed by atoms with Crippen molar-refractivity contribution in [1.29, 1.82) is 0 Å². The van der Waals surface area contributed by atoms with E-state index in [4.69, 9.17) is 0 Å². The highest BCUT2D eigenvalue weighted by Gasteiger charge is 2.14. The molecule has 0 fully saturated rings. The summed E-state index contributed by atoms with van der Waals surface area (Å²) < 4.78 is 3.75. The van der Waals surface area contributed by atoms with Crippen molar-refractivity contribution in [1.82, 2.24) is 19.6 Å². The SMILES string of the molecule is Cn1cc(-c2ccn(C(C)(C)C)n2)cn1. The Labute approximate surface area is 89.5 Å². The standard InChI is InChI=1S/C11H16N4/c1-11(2,3)15-6-5-10(13-15)9-7-12-14(4)8-9/h5-8H,1-4H3. The molecule has 4 heteroatoms. The Kier molecular flexibility index (Phi) is 2.14. The quantitative estimate of drug-likeness (QED) is 0.712. The first kappa shape index (κ1) is 9.96. The number of aromatic nitrogens is 4. The van der Waals surface area contributed by atoms with Crippen molar-refractivity contribution in [2.75, 3.05) is 0 Å². The number of rotatable bonds is 1. The molecule has 0 amide bonds. The molecular formula is C11H16N4. The highest BCUT2D eigenvalue weighted by Crippen LogP contribution is 2.19. The molecule has 2 aromatic heterocycles. The summed E-state index contributed by atoms with van der Waals surface area (Å²) in [4.78, 5) is 0. The summed E-state index contributed by atoms with van der Waals surface area (Å²) in [5.74, 6) is 0. The van der Waals surface area contributed by atoms with Crippen LogP contribution in [-0.2, 0) is 12.6 Å². The molecule has 0 saturated heterocycles. The zero-order valence-corrected chi connectivity index (χ0v) is 9.60. The molecule has 0 atom stereocenters. The van der Waals surface area contributed by atoms with Crippen molar-refractivity contribution in [3.8, 4) is 11.3 Å². The molecule has 2 aromatic rings. The van der Waals surface area contributed by atoms with Crippen LogP contribution in [0.5, 0.6) is 0 Å². The monoisotopic (exact) mass is 204 g/mol. The first-order valence-corrected chi connectivity index (χ1v) is 5.02. The Morgan fingerprint density at radius 2 is 2.00 bits per heavy atom. The first-order chi connectivity index (χ1) is 6.97. The summed E-state index contributed by atoms with van der Waals surface area (Å²) >= 11 is 0. The third-order valence-corrected chi connectivity index (χ3v) is 2.28. The fourth-order valence-electron chi connectivity index (χ4n) is 1.40. The molecule has 0 radical (unpaired) electrons. The van der Waals surface area contributed by atoms with Crippen LogP contribution in [0.15, 0.2) is 24.7 Å². The maximum atomic E-state index is 4.53. The van der Waals surface area contributed by atoms with Crippen LogP contribution in [-0.4, -0.2) is 19.6 Å². The molecule has 0 aliphatic heterocycles. The van der Waals surface area contributed by atoms with Gasteiger partial charge in [-0.3, -0.25) is 9.36 Å². The van der Waals surface area contributed by atoms with E-state index in [-0.39, 0.29) is 5.54 Å². The summed E-state index contributed by atoms with van der Waals surface area (Å²) in [6, 6.07) is 2.02. The summed E-state index contributed by atoms with van der Waals surface area (Å²) in [6.07, 6.45) is 5.80. The van der Waals surface area contributed by atoms with Crippen LogP contribution < -0.4 is 0 Å². The van der Waals surface area contributed by atoms with Crippen molar-refractivity contribution in [3.63, 3.8) is 0 Å². The minimum absolute atomic E-state index is 0.0282. The highest BCUT2D eigenvalue weighted by molar-refractivity contribution is 5.56. The molecular weight excluding hydrogens is 188 g/mol. The fourth-order valence-corrected chi connectivity index (χ4v) is 1.40. The van der Waals surface area contributed by atoms with Crippen LogP contribution in [0.25, 0.3) is 11.3 Å². The fraction of sp³-hybridized carbons (Fsp3) is 0.455. The van der Waals surface area contributed by atoms with Gasteiger partial charge in [0.05, 0.1) is 17.4 Å². The zero-order valence-electron chi connectivity index (χ0n) is 9.60. The molecule has 0 spiro atoms. The summed E-state index contributed by atoms with van der Waals surface area (Å²) in [5, 5.41) is 8.66. The van der Waals surface area contributed by atoms with Gasteiger partial charge in [0.15, 0.2) is 0 Å². The lowest BCUT2D eigenvalue weighted by atomic mass is 10.1. The van der Waals surface area contributed by atoms with Crippen molar-refractivity contribution in [2.24, 2.45) is 7.05 Å². The van der Waals surface area contributed by atoms with Crippen molar-refractivity contribution in [2.45, 2.75) is 26.3 Å². The van der Waals surface area contributed by atoms with E-state index in [0.717, 1.165) is 11.3 Å². The maximum Gasteiger partial charge on any atom is 0.0954 e. The van der Waals surface area contributed by atoms with Gasteiger partial charge in [-0.05, 0) is 26.8 Å². The topological polar surface area (TPSA) is 35.6 Å². The lowest BCUT2D eigenvalue weighted by Crippen LogP contribution is -2.22. The van der Waals surface area contributed by atoms with Gasteiger partial charge in [-0.25, -0.2) is 0 Å². The Morgan fingerprint density at radius 3 is 2.47 bits per heavy atom. The Hall–Kier alpha value is -1.58. The molecule has 2 rings (SSSR count). The number of aryl methyl sites for hydroxylation is 1. The van der Waals surface area contributed by atoms with E-state index in [1.165, 1.54) is 0 Å². The van der Waals surface area contributed by atoms with E-state index in [2.05, 4.69) is 31.0 Å². The zero-order chi connectivity index (χ0) is 11.1. The minimum Gasteiger partial charge on any atom is -0.275 e. The Bertz CT molecular complexity index is 459. The molecule has 0 aliphatic rings. The van der Waals surface area contributed by atoms with Crippen molar-refractivity contribution in [3.05, 3.63) is 24.7 Å². The van der Waals surface area contributed by atoms with Crippen molar-refractivity contribution < 1.29 is 0 Å². The third kappa shape index (κ3) is 1.93. The van der Waals surface area contributed by atoms with Crippen LogP contribution in [0.4, 0.5) is 0 Å². The number of hydrogen-bond donors (Lipinski definition) is 0. The molecule has 15 heavy (non-hydrogen) atoms. The van der Waals surface area contributed by atoms with Gasteiger partial charge < -0.3 is 0 Å². The van der Waals surface area contributed by atoms with Gasteiger partial charge in [0.25, 0.3) is 0 Å². The van der Waals surface area contributed by atoms with Gasteiger partial charge in [-0.1, -0.05) is 0 Å². The molecule has 0 aliphatic carbocycles. The van der Waals surface area contributed by atoms with Gasteiger partial charge in [-0.2, -0.15) is 10.2 Å². The number of hydrogen-bond acceptors (Lipinski definition) is 2. The van der Waals surface area contributed by atoms with Crippen LogP contribution in [0.1, 0.15) is 20.8 Å². The van der Waals surface area contributed by atoms with E-state index in [1.807, 2.05) is 36.4 Å². The maximum absolute atomic E-state index is 4.53. The third-order valence-electron chi connectivity index (χ3n) is 2.28. The minimum atomic E-state index is 0.0282. The molecule has 0 saturated carbocycles. The molecule has 80 valence electrons. The van der Waals surface area contributed by atoms with Gasteiger partial charge in [0.1, 0.15) is 0 Å². The van der Waals surface area contributed by atoms with Crippen LogP contribution in [0, 0.1) is 0 Å². The molecule has 0 N–H and O–H groups in total. The molecule has 4 nitrogen and oxygen atoms in total. The van der Waals surface area contributed by atoms with Gasteiger partial charge >= 0.3 is 0 Å². The smallest absolute Gasteiger partial charge is 0.0954 e. The highest BCUT2D eigenvalue weighted by atomic mass is 15.3. The van der Waals surface area contributed by atoms with E-state index >= 15 is 0 Å². The lowest BCUT2D eigenvalue weighted by molar-refractivity contribution is 0.356. The molecule has 0 unspecified atom stereocenters. The average Bonchev–Trinajstić information content (AvgIpc) is 2.69. The molecule has 2 heterocycles. The second-order valence-corrected chi connectivity index (χ2v) is 4.72. The molecule has 0 aromatic carbocycles. The van der Waals surface area contributed by atoms with Crippen LogP contribution in [0.2, 0.25) is 0 Å². The van der Waals surface area contributed by atoms with Crippen LogP contribution in [0.3, 0.4) is 0 Å². The average molecular weight is 204 g/mol. The number of nitrogens with zero attached hydrogens (tertiary/aromatic N) is 4. The Morgan fingerprint density at radius 1 is 1.27 bits per heavy atom. The van der Waals surface area contributed by atoms with E-state index in [9.17, 15) is 0 Å². The van der Waals surface area contributed by atoms with E-state index in [0.29, 0.717) is 0 Å². The second-order valence-electron chi connectivity index (χ2n) is 4.72. The van der Waals surface area contributed by atoms with E-state index < -0.39 is 0 Å². The van der Waals surface area contributed by atoms with Gasteiger partial charge in [0.2, 0.25) is 0 Å². The normalized spacial score (nSPS) is 12.0. The largest absolute Gasteiger partial charge is 0.275 e. The predicted molar refractivity (Wildman–Crippen MR) is 59.4 cm³/mol. The second kappa shape index (κ2) is 3.22. The predicted octanol–water partition coefficient (Wildman–Crippen LogP) is 2.04. The van der Waals surface area contributed by atoms with Crippen molar-refractivity contribution >= 4 is 0 Å². The van der Waals surface area contributed by atoms with Gasteiger partial charge in [-0.15, -0.1) is 0 Å². The first-order valence-electron chi connectivity index (χ1n) is 5.02. The van der Waals surface area contributed by atoms with E-state index in [1.54, 1.807) is 4.68 Å². The summed E-state index contributed by atoms with van der Waals surface area (Å²) in [5.41, 5.74) is 2.05.